The van der Waals surface area contributed by atoms with E-state index in [9.17, 15) is 18.4 Å². The molecule has 1 N–H and O–H groups in total. The number of halogens is 2. The fourth-order valence-corrected chi connectivity index (χ4v) is 4.69. The monoisotopic (exact) mass is 432 g/mol. The van der Waals surface area contributed by atoms with E-state index in [1.807, 2.05) is 10.8 Å². The zero-order chi connectivity index (χ0) is 20.5. The van der Waals surface area contributed by atoms with Gasteiger partial charge in [-0.15, -0.1) is 11.3 Å². The van der Waals surface area contributed by atoms with Crippen molar-refractivity contribution in [3.05, 3.63) is 74.0 Å². The third-order valence-electron chi connectivity index (χ3n) is 4.16. The number of esters is 1. The number of rotatable bonds is 5. The van der Waals surface area contributed by atoms with Gasteiger partial charge in [0.1, 0.15) is 21.3 Å². The summed E-state index contributed by atoms with van der Waals surface area (Å²) in [5, 5.41) is 7.08. The minimum Gasteiger partial charge on any atom is -0.462 e. The molecule has 0 aliphatic rings. The number of hydrogen-bond donors (Lipinski definition) is 1. The van der Waals surface area contributed by atoms with Crippen molar-refractivity contribution in [2.24, 2.45) is 0 Å². The Morgan fingerprint density at radius 1 is 1.21 bits per heavy atom. The van der Waals surface area contributed by atoms with Crippen molar-refractivity contribution in [2.45, 2.75) is 6.92 Å². The fraction of sp³-hybridized carbons (Fsp3) is 0.100. The van der Waals surface area contributed by atoms with Crippen LogP contribution >= 0.6 is 22.7 Å². The van der Waals surface area contributed by atoms with Crippen LogP contribution in [0.5, 0.6) is 0 Å². The number of pyridine rings is 1. The van der Waals surface area contributed by atoms with Crippen LogP contribution in [0.3, 0.4) is 0 Å². The number of nitrogens with zero attached hydrogens (tertiary/aromatic N) is 1. The summed E-state index contributed by atoms with van der Waals surface area (Å²) in [6.07, 6.45) is 0. The van der Waals surface area contributed by atoms with E-state index in [1.165, 1.54) is 28.0 Å². The molecule has 29 heavy (non-hydrogen) atoms. The van der Waals surface area contributed by atoms with Crippen LogP contribution in [0.1, 0.15) is 16.6 Å². The van der Waals surface area contributed by atoms with E-state index in [4.69, 9.17) is 4.74 Å². The first-order chi connectivity index (χ1) is 14.0. The normalized spacial score (nSPS) is 11.0. The fourth-order valence-electron chi connectivity index (χ4n) is 2.90. The summed E-state index contributed by atoms with van der Waals surface area (Å²) < 4.78 is 34.1. The number of nitrogens with one attached hydrogen (secondary N) is 1. The first kappa shape index (κ1) is 19.3. The van der Waals surface area contributed by atoms with Crippen LogP contribution in [0.15, 0.2) is 52.0 Å². The number of aromatic nitrogens is 1. The lowest BCUT2D eigenvalue weighted by atomic mass is 10.2. The number of thiophene rings is 2. The van der Waals surface area contributed by atoms with Crippen molar-refractivity contribution in [3.63, 3.8) is 0 Å². The molecule has 0 aliphatic carbocycles. The quantitative estimate of drug-likeness (QED) is 0.434. The van der Waals surface area contributed by atoms with Crippen LogP contribution in [0.4, 0.5) is 20.2 Å². The molecule has 4 aromatic rings. The Hall–Kier alpha value is -3.04. The van der Waals surface area contributed by atoms with E-state index in [0.29, 0.717) is 21.6 Å². The second-order valence-corrected chi connectivity index (χ2v) is 7.76. The standard InChI is InChI=1S/C20H14F2N2O3S2/c1-2-27-20(26)18-17(23-15-5-3-11(21)9-14(15)22)13-4-6-16(25)24(19(13)29-18)12-7-8-28-10-12/h3-10,23H,2H2,1H3. The first-order valence-corrected chi connectivity index (χ1v) is 10.4. The predicted octanol–water partition coefficient (Wildman–Crippen LogP) is 5.31. The number of hydrogen-bond acceptors (Lipinski definition) is 6. The minimum absolute atomic E-state index is 0.00457. The SMILES string of the molecule is CCOC(=O)c1sc2c(ccc(=O)n2-c2ccsc2)c1Nc1ccc(F)cc1F. The van der Waals surface area contributed by atoms with Crippen LogP contribution in [0.25, 0.3) is 15.9 Å². The smallest absolute Gasteiger partial charge is 0.350 e. The Kier molecular flexibility index (Phi) is 5.16. The van der Waals surface area contributed by atoms with Gasteiger partial charge in [0.15, 0.2) is 0 Å². The largest absolute Gasteiger partial charge is 0.462 e. The average molecular weight is 432 g/mol. The summed E-state index contributed by atoms with van der Waals surface area (Å²) in [5.41, 5.74) is 0.719. The maximum Gasteiger partial charge on any atom is 0.350 e. The first-order valence-electron chi connectivity index (χ1n) is 8.60. The third-order valence-corrected chi connectivity index (χ3v) is 6.00. The molecule has 3 aromatic heterocycles. The van der Waals surface area contributed by atoms with Crippen LogP contribution in [0, 0.1) is 11.6 Å². The van der Waals surface area contributed by atoms with Crippen molar-refractivity contribution in [2.75, 3.05) is 11.9 Å². The molecule has 0 bridgehead atoms. The highest BCUT2D eigenvalue weighted by Crippen LogP contribution is 2.39. The Balaban J connectivity index is 1.96. The molecule has 0 saturated heterocycles. The number of ether oxygens (including phenoxy) is 1. The second-order valence-electron chi connectivity index (χ2n) is 5.98. The highest BCUT2D eigenvalue weighted by atomic mass is 32.1. The van der Waals surface area contributed by atoms with E-state index >= 15 is 0 Å². The van der Waals surface area contributed by atoms with Crippen LogP contribution in [0.2, 0.25) is 0 Å². The lowest BCUT2D eigenvalue weighted by molar-refractivity contribution is 0.0533. The lowest BCUT2D eigenvalue weighted by Crippen LogP contribution is -2.15. The highest BCUT2D eigenvalue weighted by Gasteiger charge is 2.23. The Bertz CT molecular complexity index is 1260. The van der Waals surface area contributed by atoms with Gasteiger partial charge in [-0.1, -0.05) is 0 Å². The summed E-state index contributed by atoms with van der Waals surface area (Å²) in [6.45, 7) is 1.84. The Labute approximate surface area is 171 Å². The van der Waals surface area contributed by atoms with E-state index in [0.717, 1.165) is 23.5 Å². The molecule has 0 fully saturated rings. The lowest BCUT2D eigenvalue weighted by Gasteiger charge is -2.10. The maximum absolute atomic E-state index is 14.2. The number of benzene rings is 1. The molecular formula is C20H14F2N2O3S2. The zero-order valence-corrected chi connectivity index (χ0v) is 16.7. The number of fused-ring (bicyclic) bond motifs is 1. The van der Waals surface area contributed by atoms with Gasteiger partial charge >= 0.3 is 5.97 Å². The van der Waals surface area contributed by atoms with Gasteiger partial charge in [0.25, 0.3) is 5.56 Å². The van der Waals surface area contributed by atoms with Gasteiger partial charge in [-0.2, -0.15) is 11.3 Å². The third kappa shape index (κ3) is 3.54. The molecule has 5 nitrogen and oxygen atoms in total. The molecule has 0 atom stereocenters. The van der Waals surface area contributed by atoms with Gasteiger partial charge < -0.3 is 10.1 Å². The molecule has 148 valence electrons. The Morgan fingerprint density at radius 2 is 2.03 bits per heavy atom. The van der Waals surface area contributed by atoms with Gasteiger partial charge in [0, 0.05) is 22.9 Å². The molecule has 4 rings (SSSR count). The average Bonchev–Trinajstić information content (AvgIpc) is 3.32. The molecule has 9 heteroatoms. The summed E-state index contributed by atoms with van der Waals surface area (Å²) in [6, 6.07) is 7.87. The Morgan fingerprint density at radius 3 is 2.72 bits per heavy atom. The van der Waals surface area contributed by atoms with Crippen molar-refractivity contribution < 1.29 is 18.3 Å². The van der Waals surface area contributed by atoms with Crippen LogP contribution < -0.4 is 10.9 Å². The zero-order valence-electron chi connectivity index (χ0n) is 15.1. The molecule has 0 unspecified atom stereocenters. The minimum atomic E-state index is -0.801. The molecule has 0 spiro atoms. The van der Waals surface area contributed by atoms with Crippen molar-refractivity contribution in [3.8, 4) is 5.69 Å². The van der Waals surface area contributed by atoms with Gasteiger partial charge in [0.05, 0.1) is 23.7 Å². The van der Waals surface area contributed by atoms with E-state index in [1.54, 1.807) is 19.1 Å². The molecule has 1 aromatic carbocycles. The van der Waals surface area contributed by atoms with Crippen molar-refractivity contribution >= 4 is 50.2 Å². The van der Waals surface area contributed by atoms with E-state index in [2.05, 4.69) is 5.32 Å². The molecule has 0 saturated carbocycles. The summed E-state index contributed by atoms with van der Waals surface area (Å²) in [5.74, 6) is -2.10. The number of carbonyl (C=O) groups excluding carboxylic acids is 1. The summed E-state index contributed by atoms with van der Waals surface area (Å²) in [4.78, 5) is 25.8. The van der Waals surface area contributed by atoms with E-state index < -0.39 is 17.6 Å². The number of carbonyl (C=O) groups is 1. The number of anilines is 2. The molecular weight excluding hydrogens is 418 g/mol. The van der Waals surface area contributed by atoms with Crippen molar-refractivity contribution in [1.82, 2.24) is 4.57 Å². The summed E-state index contributed by atoms with van der Waals surface area (Å²) >= 11 is 2.51. The molecule has 3 heterocycles. The second kappa shape index (κ2) is 7.76. The van der Waals surface area contributed by atoms with Gasteiger partial charge in [-0.05, 0) is 36.6 Å². The van der Waals surface area contributed by atoms with Gasteiger partial charge in [-0.3, -0.25) is 9.36 Å². The molecule has 0 amide bonds. The molecule has 0 aliphatic heterocycles. The summed E-state index contributed by atoms with van der Waals surface area (Å²) in [7, 11) is 0. The van der Waals surface area contributed by atoms with Crippen LogP contribution in [-0.4, -0.2) is 17.1 Å². The predicted molar refractivity (Wildman–Crippen MR) is 111 cm³/mol. The highest BCUT2D eigenvalue weighted by molar-refractivity contribution is 7.21. The van der Waals surface area contributed by atoms with Crippen LogP contribution in [-0.2, 0) is 4.74 Å². The van der Waals surface area contributed by atoms with Gasteiger partial charge in [-0.25, -0.2) is 13.6 Å². The molecule has 0 radical (unpaired) electrons. The van der Waals surface area contributed by atoms with Gasteiger partial charge in [0.2, 0.25) is 0 Å². The van der Waals surface area contributed by atoms with E-state index in [-0.39, 0.29) is 22.7 Å². The van der Waals surface area contributed by atoms with Crippen molar-refractivity contribution in [1.29, 1.82) is 0 Å². The maximum atomic E-state index is 14.2. The topological polar surface area (TPSA) is 60.3 Å².